The van der Waals surface area contributed by atoms with Crippen LogP contribution in [0, 0.1) is 13.8 Å². The Labute approximate surface area is 118 Å². The summed E-state index contributed by atoms with van der Waals surface area (Å²) in [7, 11) is 0. The summed E-state index contributed by atoms with van der Waals surface area (Å²) >= 11 is 0. The van der Waals surface area contributed by atoms with Crippen LogP contribution in [0.3, 0.4) is 0 Å². The Morgan fingerprint density at radius 3 is 2.70 bits per heavy atom. The normalized spacial score (nSPS) is 10.7. The predicted octanol–water partition coefficient (Wildman–Crippen LogP) is 4.18. The van der Waals surface area contributed by atoms with Crippen molar-refractivity contribution >= 4 is 28.0 Å². The number of nitrogen functional groups attached to an aromatic ring is 1. The molecule has 0 bridgehead atoms. The number of aromatic nitrogens is 1. The fourth-order valence-electron chi connectivity index (χ4n) is 2.32. The van der Waals surface area contributed by atoms with Crippen LogP contribution >= 0.6 is 0 Å². The second-order valence-corrected chi connectivity index (χ2v) is 5.05. The number of rotatable bonds is 2. The summed E-state index contributed by atoms with van der Waals surface area (Å²) in [5, 5.41) is 4.52. The van der Waals surface area contributed by atoms with E-state index in [1.54, 1.807) is 6.20 Å². The lowest BCUT2D eigenvalue weighted by Crippen LogP contribution is -1.97. The van der Waals surface area contributed by atoms with Crippen molar-refractivity contribution < 1.29 is 0 Å². The summed E-state index contributed by atoms with van der Waals surface area (Å²) in [6.07, 6.45) is 1.78. The first-order valence-electron chi connectivity index (χ1n) is 6.62. The number of para-hydroxylation sites is 1. The molecule has 20 heavy (non-hydrogen) atoms. The van der Waals surface area contributed by atoms with Crippen LogP contribution in [0.1, 0.15) is 11.1 Å². The first-order valence-corrected chi connectivity index (χ1v) is 6.62. The van der Waals surface area contributed by atoms with Crippen LogP contribution in [0.4, 0.5) is 17.1 Å². The minimum Gasteiger partial charge on any atom is -0.397 e. The topological polar surface area (TPSA) is 50.9 Å². The molecule has 0 aliphatic carbocycles. The molecular formula is C17H17N3. The molecule has 1 aromatic heterocycles. The summed E-state index contributed by atoms with van der Waals surface area (Å²) in [5.74, 6) is 0. The van der Waals surface area contributed by atoms with Gasteiger partial charge in [0, 0.05) is 23.0 Å². The van der Waals surface area contributed by atoms with Crippen molar-refractivity contribution in [1.82, 2.24) is 4.98 Å². The molecule has 3 rings (SSSR count). The van der Waals surface area contributed by atoms with Crippen LogP contribution in [0.25, 0.3) is 10.9 Å². The van der Waals surface area contributed by atoms with Crippen molar-refractivity contribution in [3.8, 4) is 0 Å². The van der Waals surface area contributed by atoms with E-state index in [-0.39, 0.29) is 0 Å². The third-order valence-corrected chi connectivity index (χ3v) is 3.46. The molecule has 0 spiro atoms. The van der Waals surface area contributed by atoms with Gasteiger partial charge >= 0.3 is 0 Å². The van der Waals surface area contributed by atoms with Gasteiger partial charge in [0.25, 0.3) is 0 Å². The van der Waals surface area contributed by atoms with Crippen LogP contribution < -0.4 is 11.1 Å². The number of benzene rings is 2. The van der Waals surface area contributed by atoms with Gasteiger partial charge in [0.1, 0.15) is 0 Å². The van der Waals surface area contributed by atoms with Gasteiger partial charge < -0.3 is 11.1 Å². The van der Waals surface area contributed by atoms with E-state index in [2.05, 4.69) is 42.3 Å². The lowest BCUT2D eigenvalue weighted by Gasteiger charge is -2.13. The summed E-state index contributed by atoms with van der Waals surface area (Å²) in [5.41, 5.74) is 12.1. The van der Waals surface area contributed by atoms with Gasteiger partial charge in [0.05, 0.1) is 11.2 Å². The number of nitrogens with zero attached hydrogens (tertiary/aromatic N) is 1. The largest absolute Gasteiger partial charge is 0.397 e. The van der Waals surface area contributed by atoms with Crippen LogP contribution in [0.15, 0.2) is 48.7 Å². The predicted molar refractivity (Wildman–Crippen MR) is 85.4 cm³/mol. The molecule has 1 heterocycles. The van der Waals surface area contributed by atoms with Crippen LogP contribution in [0.5, 0.6) is 0 Å². The Morgan fingerprint density at radius 1 is 1.00 bits per heavy atom. The molecule has 3 N–H and O–H groups in total. The number of nitrogens with two attached hydrogens (primary N) is 1. The van der Waals surface area contributed by atoms with Gasteiger partial charge in [-0.1, -0.05) is 24.3 Å². The summed E-state index contributed by atoms with van der Waals surface area (Å²) in [4.78, 5) is 4.36. The van der Waals surface area contributed by atoms with Crippen molar-refractivity contribution in [2.45, 2.75) is 13.8 Å². The first kappa shape index (κ1) is 12.5. The van der Waals surface area contributed by atoms with E-state index in [1.165, 1.54) is 11.1 Å². The number of fused-ring (bicyclic) bond motifs is 1. The maximum Gasteiger partial charge on any atom is 0.0951 e. The van der Waals surface area contributed by atoms with E-state index in [0.717, 1.165) is 22.3 Å². The van der Waals surface area contributed by atoms with Crippen molar-refractivity contribution in [3.63, 3.8) is 0 Å². The fraction of sp³-hybridized carbons (Fsp3) is 0.118. The van der Waals surface area contributed by atoms with Crippen LogP contribution in [-0.2, 0) is 0 Å². The van der Waals surface area contributed by atoms with E-state index >= 15 is 0 Å². The van der Waals surface area contributed by atoms with Gasteiger partial charge in [-0.05, 0) is 43.2 Å². The van der Waals surface area contributed by atoms with Crippen molar-refractivity contribution in [2.24, 2.45) is 0 Å². The molecule has 0 atom stereocenters. The molecule has 0 fully saturated rings. The monoisotopic (exact) mass is 263 g/mol. The molecule has 100 valence electrons. The van der Waals surface area contributed by atoms with Crippen molar-refractivity contribution in [1.29, 1.82) is 0 Å². The summed E-state index contributed by atoms with van der Waals surface area (Å²) in [6.45, 7) is 4.19. The number of hydrogen-bond donors (Lipinski definition) is 2. The van der Waals surface area contributed by atoms with E-state index < -0.39 is 0 Å². The van der Waals surface area contributed by atoms with E-state index in [1.807, 2.05) is 24.3 Å². The van der Waals surface area contributed by atoms with E-state index in [9.17, 15) is 0 Å². The first-order chi connectivity index (χ1) is 9.65. The summed E-state index contributed by atoms with van der Waals surface area (Å²) in [6, 6.07) is 14.2. The van der Waals surface area contributed by atoms with Gasteiger partial charge in [-0.2, -0.15) is 0 Å². The minimum atomic E-state index is 0.701. The number of pyridine rings is 1. The molecule has 3 nitrogen and oxygen atoms in total. The second kappa shape index (κ2) is 4.85. The molecule has 0 saturated carbocycles. The molecule has 0 aliphatic rings. The van der Waals surface area contributed by atoms with Crippen molar-refractivity contribution in [2.75, 3.05) is 11.1 Å². The highest BCUT2D eigenvalue weighted by molar-refractivity contribution is 5.98. The highest BCUT2D eigenvalue weighted by Gasteiger charge is 2.06. The average molecular weight is 263 g/mol. The molecule has 0 saturated heterocycles. The number of hydrogen-bond acceptors (Lipinski definition) is 3. The molecule has 0 unspecified atom stereocenters. The average Bonchev–Trinajstić information content (AvgIpc) is 2.44. The van der Waals surface area contributed by atoms with Gasteiger partial charge in [-0.25, -0.2) is 0 Å². The van der Waals surface area contributed by atoms with Gasteiger partial charge in [-0.3, -0.25) is 4.98 Å². The Bertz CT molecular complexity index is 778. The zero-order valence-corrected chi connectivity index (χ0v) is 11.6. The third-order valence-electron chi connectivity index (χ3n) is 3.46. The molecule has 3 aromatic rings. The fourth-order valence-corrected chi connectivity index (χ4v) is 2.32. The number of nitrogens with one attached hydrogen (secondary N) is 1. The maximum atomic E-state index is 5.98. The lowest BCUT2D eigenvalue weighted by atomic mass is 10.1. The Kier molecular flexibility index (Phi) is 3.03. The van der Waals surface area contributed by atoms with Crippen LogP contribution in [0.2, 0.25) is 0 Å². The zero-order chi connectivity index (χ0) is 14.1. The smallest absolute Gasteiger partial charge is 0.0951 e. The zero-order valence-electron chi connectivity index (χ0n) is 11.6. The molecule has 3 heteroatoms. The molecule has 0 radical (unpaired) electrons. The van der Waals surface area contributed by atoms with Crippen LogP contribution in [-0.4, -0.2) is 4.98 Å². The highest BCUT2D eigenvalue weighted by Crippen LogP contribution is 2.29. The Morgan fingerprint density at radius 2 is 1.85 bits per heavy atom. The molecule has 2 aromatic carbocycles. The SMILES string of the molecule is Cc1ccc(C)c(Nc2ccnc3c(N)cccc23)c1. The van der Waals surface area contributed by atoms with Gasteiger partial charge in [-0.15, -0.1) is 0 Å². The second-order valence-electron chi connectivity index (χ2n) is 5.05. The van der Waals surface area contributed by atoms with E-state index in [0.29, 0.717) is 5.69 Å². The maximum absolute atomic E-state index is 5.98. The van der Waals surface area contributed by atoms with Crippen molar-refractivity contribution in [3.05, 3.63) is 59.8 Å². The summed E-state index contributed by atoms with van der Waals surface area (Å²) < 4.78 is 0. The lowest BCUT2D eigenvalue weighted by molar-refractivity contribution is 1.37. The number of anilines is 3. The standard InChI is InChI=1S/C17H17N3/c1-11-6-7-12(2)16(10-11)20-15-8-9-19-17-13(15)4-3-5-14(17)18/h3-10H,18H2,1-2H3,(H,19,20). The highest BCUT2D eigenvalue weighted by atomic mass is 14.9. The molecular weight excluding hydrogens is 246 g/mol. The van der Waals surface area contributed by atoms with E-state index in [4.69, 9.17) is 5.73 Å². The minimum absolute atomic E-state index is 0.701. The Balaban J connectivity index is 2.11. The van der Waals surface area contributed by atoms with Gasteiger partial charge in [0.15, 0.2) is 0 Å². The Hall–Kier alpha value is -2.55. The quantitative estimate of drug-likeness (QED) is 0.682. The molecule has 0 aliphatic heterocycles. The van der Waals surface area contributed by atoms with Gasteiger partial charge in [0.2, 0.25) is 0 Å². The third kappa shape index (κ3) is 2.18. The molecule has 0 amide bonds. The number of aryl methyl sites for hydroxylation is 2.